The Hall–Kier alpha value is -6.47. The first-order valence-corrected chi connectivity index (χ1v) is 27.0. The number of carbonyl (C=O) groups is 4. The molecule has 4 aliphatic rings. The van der Waals surface area contributed by atoms with Gasteiger partial charge in [0.05, 0.1) is 53.6 Å². The van der Waals surface area contributed by atoms with Gasteiger partial charge in [0, 0.05) is 66.6 Å². The second kappa shape index (κ2) is 20.3. The van der Waals surface area contributed by atoms with E-state index >= 15 is 0 Å². The number of carbonyl (C=O) groups excluding carboxylic acids is 4. The van der Waals surface area contributed by atoms with Crippen molar-refractivity contribution in [2.45, 2.75) is 88.7 Å². The Morgan fingerprint density at radius 3 is 1.89 bits per heavy atom. The molecule has 0 spiro atoms. The fourth-order valence-corrected chi connectivity index (χ4v) is 12.9. The van der Waals surface area contributed by atoms with Crippen LogP contribution in [-0.2, 0) is 49.9 Å². The maximum absolute atomic E-state index is 14.1. The minimum atomic E-state index is -4.07. The molecule has 18 heteroatoms. The third kappa shape index (κ3) is 10.1. The Morgan fingerprint density at radius 1 is 0.775 bits per heavy atom. The molecule has 0 radical (unpaired) electrons. The number of nitrogens with zero attached hydrogens (tertiary/aromatic N) is 4. The van der Waals surface area contributed by atoms with Gasteiger partial charge in [0.2, 0.25) is 5.91 Å². The molecule has 0 fully saturated rings. The number of hydrogen-bond acceptors (Lipinski definition) is 14. The molecule has 5 aromatic rings. The summed E-state index contributed by atoms with van der Waals surface area (Å²) in [6.45, 7) is 7.11. The number of benzene rings is 5. The number of ether oxygens (including phenoxy) is 3. The van der Waals surface area contributed by atoms with Crippen LogP contribution in [0.15, 0.2) is 101 Å². The summed E-state index contributed by atoms with van der Waals surface area (Å²) in [7, 11) is 1.04. The van der Waals surface area contributed by atoms with Crippen molar-refractivity contribution in [2.24, 2.45) is 9.98 Å². The second-order valence-electron chi connectivity index (χ2n) is 18.1. The third-order valence-corrected chi connectivity index (χ3v) is 17.8. The van der Waals surface area contributed by atoms with Gasteiger partial charge >= 0.3 is 0 Å². The molecule has 9 rings (SSSR count). The standard InChI is InChI=1S/C53H53N5O10S3/c1-7-45(59)49(71(63,64)66-6)16-17-69-70-53(3,4)52(62)56-36-20-32(29-67-46-25-41-39(18-31(46)2)50(60)57-37(27-54-41)22-34-12-8-10-14-43(34)57)19-33(21-36)30-68-48-26-42-40(24-47(48)65-5)51(61)58-38(28-55-42)23-35-13-9-11-15-44(35)58/h8-15,18-21,24-28,37-38,49H,7,16-17,22-23,29-30H2,1-6H3,(H,56,62)/t37-,38-,49?/m0/s1. The van der Waals surface area contributed by atoms with Crippen LogP contribution in [0.4, 0.5) is 28.4 Å². The van der Waals surface area contributed by atoms with Gasteiger partial charge in [0.15, 0.2) is 17.3 Å². The normalized spacial score (nSPS) is 17.0. The fourth-order valence-electron chi connectivity index (χ4n) is 9.19. The van der Waals surface area contributed by atoms with Gasteiger partial charge in [-0.3, -0.25) is 43.1 Å². The van der Waals surface area contributed by atoms with E-state index in [1.165, 1.54) is 28.7 Å². The number of ketones is 1. The molecule has 0 saturated heterocycles. The Balaban J connectivity index is 0.953. The van der Waals surface area contributed by atoms with Crippen LogP contribution in [0.25, 0.3) is 0 Å². The number of para-hydroxylation sites is 2. The summed E-state index contributed by atoms with van der Waals surface area (Å²) >= 11 is 0. The summed E-state index contributed by atoms with van der Waals surface area (Å²) in [5.74, 6) is 0.458. The summed E-state index contributed by atoms with van der Waals surface area (Å²) in [5.41, 5.74) is 8.33. The fraction of sp³-hybridized carbons (Fsp3) is 0.321. The monoisotopic (exact) mass is 1020 g/mol. The average Bonchev–Trinajstić information content (AvgIpc) is 3.86. The number of aryl methyl sites for hydroxylation is 1. The first-order chi connectivity index (χ1) is 34.1. The molecule has 4 heterocycles. The first kappa shape index (κ1) is 49.5. The van der Waals surface area contributed by atoms with Gasteiger partial charge in [0.25, 0.3) is 21.9 Å². The molecule has 15 nitrogen and oxygen atoms in total. The lowest BCUT2D eigenvalue weighted by molar-refractivity contribution is -0.119. The van der Waals surface area contributed by atoms with Gasteiger partial charge < -0.3 is 19.5 Å². The quantitative estimate of drug-likeness (QED) is 0.0499. The van der Waals surface area contributed by atoms with Crippen molar-refractivity contribution in [1.29, 1.82) is 0 Å². The van der Waals surface area contributed by atoms with E-state index in [4.69, 9.17) is 24.2 Å². The van der Waals surface area contributed by atoms with E-state index in [9.17, 15) is 27.6 Å². The van der Waals surface area contributed by atoms with Crippen molar-refractivity contribution in [1.82, 2.24) is 0 Å². The highest BCUT2D eigenvalue weighted by molar-refractivity contribution is 8.77. The number of methoxy groups -OCH3 is 1. The minimum absolute atomic E-state index is 0.0250. The summed E-state index contributed by atoms with van der Waals surface area (Å²) in [4.78, 5) is 67.7. The van der Waals surface area contributed by atoms with Crippen LogP contribution in [0.2, 0.25) is 0 Å². The molecule has 0 aromatic heterocycles. The van der Waals surface area contributed by atoms with Gasteiger partial charge in [-0.2, -0.15) is 8.42 Å². The molecular formula is C53H53N5O10S3. The minimum Gasteiger partial charge on any atom is -0.493 e. The van der Waals surface area contributed by atoms with E-state index < -0.39 is 25.9 Å². The van der Waals surface area contributed by atoms with Crippen LogP contribution >= 0.6 is 21.6 Å². The maximum atomic E-state index is 14.1. The summed E-state index contributed by atoms with van der Waals surface area (Å²) in [6, 6.07) is 27.8. The summed E-state index contributed by atoms with van der Waals surface area (Å²) < 4.78 is 47.3. The average molecular weight is 1020 g/mol. The zero-order valence-corrected chi connectivity index (χ0v) is 42.5. The largest absolute Gasteiger partial charge is 0.493 e. The number of fused-ring (bicyclic) bond motifs is 8. The lowest BCUT2D eigenvalue weighted by Crippen LogP contribution is -2.37. The first-order valence-electron chi connectivity index (χ1n) is 23.2. The molecule has 1 unspecified atom stereocenters. The Kier molecular flexibility index (Phi) is 14.2. The molecule has 0 bridgehead atoms. The van der Waals surface area contributed by atoms with Crippen LogP contribution in [-0.4, -0.2) is 86.4 Å². The number of Topliss-reactive ketones (excluding diaryl/α,β-unsaturated/α-hetero) is 1. The van der Waals surface area contributed by atoms with Crippen molar-refractivity contribution in [3.8, 4) is 17.2 Å². The number of anilines is 3. The van der Waals surface area contributed by atoms with E-state index in [-0.39, 0.29) is 61.6 Å². The number of rotatable bonds is 18. The molecule has 4 aliphatic heterocycles. The number of hydrogen-bond donors (Lipinski definition) is 1. The zero-order chi connectivity index (χ0) is 50.2. The highest BCUT2D eigenvalue weighted by Crippen LogP contribution is 2.43. The van der Waals surface area contributed by atoms with E-state index in [1.54, 1.807) is 56.2 Å². The van der Waals surface area contributed by atoms with Crippen LogP contribution in [0, 0.1) is 6.92 Å². The second-order valence-corrected chi connectivity index (χ2v) is 23.0. The molecule has 1 N–H and O–H groups in total. The molecule has 368 valence electrons. The zero-order valence-electron chi connectivity index (χ0n) is 40.1. The predicted molar refractivity (Wildman–Crippen MR) is 279 cm³/mol. The van der Waals surface area contributed by atoms with E-state index in [1.807, 2.05) is 84.8 Å². The van der Waals surface area contributed by atoms with Crippen molar-refractivity contribution >= 4 is 96.1 Å². The van der Waals surface area contributed by atoms with Crippen molar-refractivity contribution in [3.05, 3.63) is 130 Å². The molecule has 3 atom stereocenters. The van der Waals surface area contributed by atoms with Crippen LogP contribution < -0.4 is 29.3 Å². The Morgan fingerprint density at radius 2 is 1.32 bits per heavy atom. The van der Waals surface area contributed by atoms with Crippen LogP contribution in [0.1, 0.15) is 82.1 Å². The van der Waals surface area contributed by atoms with E-state index in [0.29, 0.717) is 69.4 Å². The van der Waals surface area contributed by atoms with E-state index in [2.05, 4.69) is 9.50 Å². The highest BCUT2D eigenvalue weighted by atomic mass is 33.1. The Labute approximate surface area is 420 Å². The van der Waals surface area contributed by atoms with Crippen molar-refractivity contribution in [2.75, 3.05) is 35.1 Å². The molecule has 0 aliphatic carbocycles. The SMILES string of the molecule is CCC(=O)C(CCSSC(C)(C)C(=O)Nc1cc(COc2cc3c(cc2C)C(=O)N2c4ccccc4C[C@H]2C=N3)cc(COc2cc3c(cc2OC)C(=O)N2c4ccccc4C[C@H]2C=N3)c1)S(=O)(=O)OC. The molecule has 5 aromatic carbocycles. The van der Waals surface area contributed by atoms with Crippen LogP contribution in [0.3, 0.4) is 0 Å². The summed E-state index contributed by atoms with van der Waals surface area (Å²) in [5, 5.41) is 1.77. The molecule has 0 saturated carbocycles. The lowest BCUT2D eigenvalue weighted by atomic mass is 10.1. The number of amides is 3. The topological polar surface area (TPSA) is 183 Å². The Bertz CT molecular complexity index is 3140. The molecule has 3 amide bonds. The van der Waals surface area contributed by atoms with Crippen molar-refractivity contribution in [3.63, 3.8) is 0 Å². The molecule has 71 heavy (non-hydrogen) atoms. The smallest absolute Gasteiger partial charge is 0.277 e. The summed E-state index contributed by atoms with van der Waals surface area (Å²) in [6.07, 6.45) is 5.05. The van der Waals surface area contributed by atoms with Gasteiger partial charge in [-0.05, 0) is 97.5 Å². The van der Waals surface area contributed by atoms with Crippen molar-refractivity contribution < 1.29 is 46.0 Å². The predicted octanol–water partition coefficient (Wildman–Crippen LogP) is 9.55. The van der Waals surface area contributed by atoms with Gasteiger partial charge in [-0.15, -0.1) is 0 Å². The lowest BCUT2D eigenvalue weighted by Gasteiger charge is -2.23. The van der Waals surface area contributed by atoms with Gasteiger partial charge in [0.1, 0.15) is 24.2 Å². The number of aliphatic imine (C=N–C) groups is 2. The maximum Gasteiger partial charge on any atom is 0.277 e. The van der Waals surface area contributed by atoms with Crippen LogP contribution in [0.5, 0.6) is 17.2 Å². The highest BCUT2D eigenvalue weighted by Gasteiger charge is 2.38. The van der Waals surface area contributed by atoms with Gasteiger partial charge in [-0.25, -0.2) is 0 Å². The van der Waals surface area contributed by atoms with Gasteiger partial charge in [-0.1, -0.05) is 64.9 Å². The third-order valence-electron chi connectivity index (χ3n) is 12.9. The molecular weight excluding hydrogens is 963 g/mol. The number of nitrogens with one attached hydrogen (secondary N) is 1. The van der Waals surface area contributed by atoms with E-state index in [0.717, 1.165) is 35.2 Å².